The smallest absolute Gasteiger partial charge is 0.450 e. The van der Waals surface area contributed by atoms with Crippen molar-refractivity contribution in [3.63, 3.8) is 0 Å². The number of nitrogens with zero attached hydrogens (tertiary/aromatic N) is 2. The van der Waals surface area contributed by atoms with Crippen LogP contribution in [0.5, 0.6) is 0 Å². The number of carbonyl (C=O) groups is 2. The van der Waals surface area contributed by atoms with Gasteiger partial charge in [0.05, 0.1) is 14.2 Å². The zero-order valence-corrected chi connectivity index (χ0v) is 5.53. The molecule has 0 radical (unpaired) electrons. The summed E-state index contributed by atoms with van der Waals surface area (Å²) in [6.45, 7) is 0. The number of hydrogen-bond acceptors (Lipinski definition) is 4. The monoisotopic (exact) mass is 146 g/mol. The number of amides is 2. The molecule has 0 bridgehead atoms. The highest BCUT2D eigenvalue weighted by molar-refractivity contribution is 5.72. The summed E-state index contributed by atoms with van der Waals surface area (Å²) in [7, 11) is 2.25. The number of ether oxygens (including phenoxy) is 2. The Labute approximate surface area is 56.8 Å². The fourth-order valence-electron chi connectivity index (χ4n) is 0.163. The molecular weight excluding hydrogens is 140 g/mol. The van der Waals surface area contributed by atoms with Gasteiger partial charge in [0.2, 0.25) is 0 Å². The second-order valence-corrected chi connectivity index (χ2v) is 1.14. The van der Waals surface area contributed by atoms with Gasteiger partial charge in [0.15, 0.2) is 0 Å². The van der Waals surface area contributed by atoms with Crippen molar-refractivity contribution in [2.24, 2.45) is 10.2 Å². The summed E-state index contributed by atoms with van der Waals surface area (Å²) < 4.78 is 8.08. The van der Waals surface area contributed by atoms with E-state index >= 15 is 0 Å². The van der Waals surface area contributed by atoms with Crippen molar-refractivity contribution in [3.8, 4) is 0 Å². The van der Waals surface area contributed by atoms with Crippen LogP contribution in [0.4, 0.5) is 9.59 Å². The number of azo groups is 1. The summed E-state index contributed by atoms with van der Waals surface area (Å²) in [5, 5.41) is 5.61. The summed E-state index contributed by atoms with van der Waals surface area (Å²) in [6.07, 6.45) is -1.88. The first-order valence-corrected chi connectivity index (χ1v) is 2.28. The highest BCUT2D eigenvalue weighted by atomic mass is 16.5. The lowest BCUT2D eigenvalue weighted by atomic mass is 11.2. The zero-order valence-electron chi connectivity index (χ0n) is 5.53. The third kappa shape index (κ3) is 3.53. The average Bonchev–Trinajstić information content (AvgIpc) is 1.99. The average molecular weight is 146 g/mol. The first-order chi connectivity index (χ1) is 4.70. The minimum Gasteiger partial charge on any atom is -0.450 e. The Balaban J connectivity index is 3.75. The fraction of sp³-hybridized carbons (Fsp3) is 0.500. The predicted molar refractivity (Wildman–Crippen MR) is 29.7 cm³/mol. The predicted octanol–water partition coefficient (Wildman–Crippen LogP) is 0.971. The Morgan fingerprint density at radius 1 is 1.00 bits per heavy atom. The Morgan fingerprint density at radius 2 is 1.30 bits per heavy atom. The Bertz CT molecular complexity index is 147. The van der Waals surface area contributed by atoms with E-state index in [0.717, 1.165) is 14.2 Å². The van der Waals surface area contributed by atoms with Crippen LogP contribution in [0.25, 0.3) is 0 Å². The molecule has 0 aliphatic heterocycles. The van der Waals surface area contributed by atoms with Gasteiger partial charge in [-0.05, 0) is 0 Å². The Hall–Kier alpha value is -1.46. The van der Waals surface area contributed by atoms with Crippen LogP contribution in [-0.2, 0) is 9.47 Å². The third-order valence-corrected chi connectivity index (χ3v) is 0.563. The van der Waals surface area contributed by atoms with Gasteiger partial charge in [-0.25, -0.2) is 9.59 Å². The van der Waals surface area contributed by atoms with E-state index in [9.17, 15) is 9.59 Å². The molecule has 0 rings (SSSR count). The normalized spacial score (nSPS) is 9.40. The largest absolute Gasteiger partial charge is 0.452 e. The van der Waals surface area contributed by atoms with E-state index in [1.807, 2.05) is 0 Å². The van der Waals surface area contributed by atoms with Gasteiger partial charge < -0.3 is 9.47 Å². The molecule has 6 heteroatoms. The summed E-state index contributed by atoms with van der Waals surface area (Å²) >= 11 is 0. The van der Waals surface area contributed by atoms with E-state index in [0.29, 0.717) is 0 Å². The molecule has 0 aliphatic rings. The molecule has 0 fully saturated rings. The maximum atomic E-state index is 10.1. The van der Waals surface area contributed by atoms with Gasteiger partial charge in [-0.1, -0.05) is 10.2 Å². The maximum absolute atomic E-state index is 10.1. The molecule has 0 aromatic rings. The first-order valence-electron chi connectivity index (χ1n) is 2.28. The number of hydrogen-bond donors (Lipinski definition) is 0. The molecule has 56 valence electrons. The van der Waals surface area contributed by atoms with Gasteiger partial charge in [0, 0.05) is 0 Å². The summed E-state index contributed by atoms with van der Waals surface area (Å²) in [5.41, 5.74) is 0. The quantitative estimate of drug-likeness (QED) is 0.477. The lowest BCUT2D eigenvalue weighted by Crippen LogP contribution is -1.95. The van der Waals surface area contributed by atoms with E-state index in [-0.39, 0.29) is 0 Å². The molecule has 0 unspecified atom stereocenters. The van der Waals surface area contributed by atoms with E-state index < -0.39 is 12.2 Å². The molecule has 0 atom stereocenters. The molecule has 6 nitrogen and oxygen atoms in total. The van der Waals surface area contributed by atoms with E-state index in [4.69, 9.17) is 0 Å². The molecule has 0 aromatic carbocycles. The summed E-state index contributed by atoms with van der Waals surface area (Å²) in [5.74, 6) is 0. The fourth-order valence-corrected chi connectivity index (χ4v) is 0.163. The van der Waals surface area contributed by atoms with Crippen molar-refractivity contribution < 1.29 is 19.1 Å². The van der Waals surface area contributed by atoms with Gasteiger partial charge in [-0.3, -0.25) is 0 Å². The second kappa shape index (κ2) is 4.42. The van der Waals surface area contributed by atoms with E-state index in [2.05, 4.69) is 19.7 Å². The van der Waals surface area contributed by atoms with Crippen LogP contribution in [0.1, 0.15) is 0 Å². The van der Waals surface area contributed by atoms with Crippen LogP contribution in [0.2, 0.25) is 0 Å². The number of methoxy groups -OCH3 is 2. The molecule has 10 heavy (non-hydrogen) atoms. The Morgan fingerprint density at radius 3 is 1.50 bits per heavy atom. The minimum absolute atomic E-state index is 0.939. The van der Waals surface area contributed by atoms with E-state index in [1.54, 1.807) is 0 Å². The Kier molecular flexibility index (Phi) is 3.78. The molecule has 2 amide bonds. The molecule has 0 saturated carbocycles. The lowest BCUT2D eigenvalue weighted by Gasteiger charge is -1.87. The van der Waals surface area contributed by atoms with Gasteiger partial charge in [-0.15, -0.1) is 0 Å². The first kappa shape index (κ1) is 8.54. The molecule has 0 spiro atoms. The van der Waals surface area contributed by atoms with Gasteiger partial charge >= 0.3 is 12.2 Å². The van der Waals surface area contributed by atoms with Crippen LogP contribution in [-0.4, -0.2) is 26.4 Å². The molecule has 0 aromatic heterocycles. The zero-order chi connectivity index (χ0) is 7.98. The third-order valence-electron chi connectivity index (χ3n) is 0.563. The van der Waals surface area contributed by atoms with Crippen molar-refractivity contribution in [3.05, 3.63) is 0 Å². The maximum Gasteiger partial charge on any atom is 0.452 e. The highest BCUT2D eigenvalue weighted by Gasteiger charge is 1.97. The SMILES string of the molecule is COC(=O)/N=N/C(=O)OC. The van der Waals surface area contributed by atoms with Crippen LogP contribution in [0, 0.1) is 0 Å². The standard InChI is InChI=1S/C4H6N2O4/c1-9-3(7)5-6-4(8)10-2/h1-2H3/b6-5+. The highest BCUT2D eigenvalue weighted by Crippen LogP contribution is 1.85. The van der Waals surface area contributed by atoms with Crippen LogP contribution < -0.4 is 0 Å². The van der Waals surface area contributed by atoms with Crippen molar-refractivity contribution in [2.75, 3.05) is 14.2 Å². The van der Waals surface area contributed by atoms with Crippen LogP contribution in [0.3, 0.4) is 0 Å². The number of rotatable bonds is 0. The van der Waals surface area contributed by atoms with Crippen molar-refractivity contribution in [2.45, 2.75) is 0 Å². The summed E-state index contributed by atoms with van der Waals surface area (Å²) in [4.78, 5) is 20.3. The van der Waals surface area contributed by atoms with Crippen LogP contribution >= 0.6 is 0 Å². The van der Waals surface area contributed by atoms with Gasteiger partial charge in [-0.2, -0.15) is 0 Å². The van der Waals surface area contributed by atoms with Gasteiger partial charge in [0.1, 0.15) is 0 Å². The molecule has 0 N–H and O–H groups in total. The van der Waals surface area contributed by atoms with Gasteiger partial charge in [0.25, 0.3) is 0 Å². The second-order valence-electron chi connectivity index (χ2n) is 1.14. The van der Waals surface area contributed by atoms with E-state index in [1.165, 1.54) is 0 Å². The summed E-state index contributed by atoms with van der Waals surface area (Å²) in [6, 6.07) is 0. The number of carbonyl (C=O) groups excluding carboxylic acids is 2. The van der Waals surface area contributed by atoms with Crippen molar-refractivity contribution in [1.82, 2.24) is 0 Å². The topological polar surface area (TPSA) is 77.3 Å². The van der Waals surface area contributed by atoms with Crippen LogP contribution in [0.15, 0.2) is 10.2 Å². The molecule has 0 saturated heterocycles. The molecule has 0 heterocycles. The lowest BCUT2D eigenvalue weighted by molar-refractivity contribution is 0.171. The molecular formula is C4H6N2O4. The molecule has 0 aliphatic carbocycles. The van der Waals surface area contributed by atoms with Crippen molar-refractivity contribution >= 4 is 12.2 Å². The minimum atomic E-state index is -0.939. The van der Waals surface area contributed by atoms with Crippen molar-refractivity contribution in [1.29, 1.82) is 0 Å².